The third-order valence-electron chi connectivity index (χ3n) is 3.09. The minimum absolute atomic E-state index is 0.0978. The van der Waals surface area contributed by atoms with Crippen molar-refractivity contribution in [3.8, 4) is 5.75 Å². The number of benzene rings is 2. The lowest BCUT2D eigenvalue weighted by Gasteiger charge is -2.17. The standard InChI is InChI=1S/C16H18FNOS/c1-18-15(11-20-13-6-4-3-5-7-13)12-8-9-16(19-2)14(17)10-12/h3-10,15,18H,11H2,1-2H3. The van der Waals surface area contributed by atoms with Gasteiger partial charge in [-0.05, 0) is 36.9 Å². The van der Waals surface area contributed by atoms with Crippen LogP contribution < -0.4 is 10.1 Å². The van der Waals surface area contributed by atoms with Gasteiger partial charge >= 0.3 is 0 Å². The molecule has 0 fully saturated rings. The SMILES string of the molecule is CNC(CSc1ccccc1)c1ccc(OC)c(F)c1. The zero-order chi connectivity index (χ0) is 14.4. The van der Waals surface area contributed by atoms with Crippen LogP contribution in [0.5, 0.6) is 5.75 Å². The first-order chi connectivity index (χ1) is 9.74. The van der Waals surface area contributed by atoms with Crippen LogP contribution in [0.15, 0.2) is 53.4 Å². The van der Waals surface area contributed by atoms with Crippen molar-refractivity contribution in [1.29, 1.82) is 0 Å². The molecule has 20 heavy (non-hydrogen) atoms. The smallest absolute Gasteiger partial charge is 0.165 e. The third kappa shape index (κ3) is 3.74. The van der Waals surface area contributed by atoms with Crippen LogP contribution in [-0.2, 0) is 0 Å². The topological polar surface area (TPSA) is 21.3 Å². The lowest BCUT2D eigenvalue weighted by atomic mass is 10.1. The normalized spacial score (nSPS) is 12.2. The molecule has 2 aromatic rings. The van der Waals surface area contributed by atoms with Gasteiger partial charge in [0.1, 0.15) is 0 Å². The summed E-state index contributed by atoms with van der Waals surface area (Å²) in [5.41, 5.74) is 0.925. The van der Waals surface area contributed by atoms with E-state index in [1.165, 1.54) is 18.1 Å². The summed E-state index contributed by atoms with van der Waals surface area (Å²) in [7, 11) is 3.36. The lowest BCUT2D eigenvalue weighted by molar-refractivity contribution is 0.385. The molecule has 1 N–H and O–H groups in total. The number of rotatable bonds is 6. The summed E-state index contributed by atoms with van der Waals surface area (Å²) in [5, 5.41) is 3.22. The predicted octanol–water partition coefficient (Wildman–Crippen LogP) is 3.89. The number of ether oxygens (including phenoxy) is 1. The third-order valence-corrected chi connectivity index (χ3v) is 4.19. The van der Waals surface area contributed by atoms with Crippen LogP contribution in [-0.4, -0.2) is 19.9 Å². The van der Waals surface area contributed by atoms with Crippen molar-refractivity contribution >= 4 is 11.8 Å². The lowest BCUT2D eigenvalue weighted by Crippen LogP contribution is -2.18. The van der Waals surface area contributed by atoms with Crippen molar-refractivity contribution in [2.45, 2.75) is 10.9 Å². The number of thioether (sulfide) groups is 1. The van der Waals surface area contributed by atoms with E-state index in [9.17, 15) is 4.39 Å². The molecule has 0 amide bonds. The summed E-state index contributed by atoms with van der Waals surface area (Å²) >= 11 is 1.75. The van der Waals surface area contributed by atoms with Gasteiger partial charge in [0.15, 0.2) is 11.6 Å². The Bertz CT molecular complexity index is 547. The van der Waals surface area contributed by atoms with Crippen LogP contribution in [0, 0.1) is 5.82 Å². The Kier molecular flexibility index (Phi) is 5.44. The van der Waals surface area contributed by atoms with E-state index in [0.29, 0.717) is 0 Å². The molecule has 0 aromatic heterocycles. The molecule has 2 rings (SSSR count). The molecule has 4 heteroatoms. The fraction of sp³-hybridized carbons (Fsp3) is 0.250. The minimum atomic E-state index is -0.324. The van der Waals surface area contributed by atoms with Crippen LogP contribution >= 0.6 is 11.8 Å². The van der Waals surface area contributed by atoms with Gasteiger partial charge in [-0.15, -0.1) is 11.8 Å². The second-order valence-corrected chi connectivity index (χ2v) is 5.45. The number of hydrogen-bond acceptors (Lipinski definition) is 3. The number of nitrogens with one attached hydrogen (secondary N) is 1. The fourth-order valence-electron chi connectivity index (χ4n) is 1.94. The Morgan fingerprint density at radius 2 is 1.95 bits per heavy atom. The second kappa shape index (κ2) is 7.31. The maximum absolute atomic E-state index is 13.8. The summed E-state index contributed by atoms with van der Waals surface area (Å²) in [5.74, 6) is 0.793. The van der Waals surface area contributed by atoms with Gasteiger partial charge in [0, 0.05) is 16.7 Å². The average Bonchev–Trinajstić information content (AvgIpc) is 2.49. The van der Waals surface area contributed by atoms with Crippen LogP contribution in [0.2, 0.25) is 0 Å². The molecular weight excluding hydrogens is 273 g/mol. The molecule has 1 unspecified atom stereocenters. The van der Waals surface area contributed by atoms with E-state index in [1.54, 1.807) is 17.8 Å². The van der Waals surface area contributed by atoms with Gasteiger partial charge in [-0.25, -0.2) is 4.39 Å². The van der Waals surface area contributed by atoms with Crippen LogP contribution in [0.25, 0.3) is 0 Å². The minimum Gasteiger partial charge on any atom is -0.494 e. The molecule has 2 nitrogen and oxygen atoms in total. The largest absolute Gasteiger partial charge is 0.494 e. The molecule has 0 spiro atoms. The van der Waals surface area contributed by atoms with Crippen molar-refractivity contribution in [3.05, 3.63) is 59.9 Å². The van der Waals surface area contributed by atoms with E-state index in [2.05, 4.69) is 17.4 Å². The van der Waals surface area contributed by atoms with Crippen LogP contribution in [0.4, 0.5) is 4.39 Å². The van der Waals surface area contributed by atoms with Gasteiger partial charge in [-0.2, -0.15) is 0 Å². The molecular formula is C16H18FNOS. The van der Waals surface area contributed by atoms with Gasteiger partial charge < -0.3 is 10.1 Å². The zero-order valence-corrected chi connectivity index (χ0v) is 12.4. The van der Waals surface area contributed by atoms with Crippen molar-refractivity contribution in [2.75, 3.05) is 19.9 Å². The summed E-state index contributed by atoms with van der Waals surface area (Å²) in [6.45, 7) is 0. The fourth-order valence-corrected chi connectivity index (χ4v) is 3.01. The quantitative estimate of drug-likeness (QED) is 0.816. The summed E-state index contributed by atoms with van der Waals surface area (Å²) < 4.78 is 18.7. The Morgan fingerprint density at radius 3 is 2.55 bits per heavy atom. The molecule has 0 radical (unpaired) electrons. The molecule has 106 valence electrons. The summed E-state index contributed by atoms with van der Waals surface area (Å²) in [4.78, 5) is 1.21. The first-order valence-corrected chi connectivity index (χ1v) is 7.41. The Morgan fingerprint density at radius 1 is 1.20 bits per heavy atom. The maximum atomic E-state index is 13.8. The second-order valence-electron chi connectivity index (χ2n) is 4.36. The Labute approximate surface area is 123 Å². The molecule has 0 saturated carbocycles. The molecule has 0 saturated heterocycles. The summed E-state index contributed by atoms with van der Waals surface area (Å²) in [6, 6.07) is 15.4. The van der Waals surface area contributed by atoms with E-state index in [1.807, 2.05) is 31.3 Å². The highest BCUT2D eigenvalue weighted by Gasteiger charge is 2.12. The predicted molar refractivity (Wildman–Crippen MR) is 81.9 cm³/mol. The molecule has 1 atom stereocenters. The molecule has 0 aliphatic carbocycles. The Balaban J connectivity index is 2.06. The maximum Gasteiger partial charge on any atom is 0.165 e. The van der Waals surface area contributed by atoms with E-state index < -0.39 is 0 Å². The molecule has 2 aromatic carbocycles. The highest BCUT2D eigenvalue weighted by atomic mass is 32.2. The first kappa shape index (κ1) is 14.9. The van der Waals surface area contributed by atoms with E-state index in [0.717, 1.165) is 11.3 Å². The van der Waals surface area contributed by atoms with Crippen molar-refractivity contribution in [3.63, 3.8) is 0 Å². The molecule has 0 heterocycles. The monoisotopic (exact) mass is 291 g/mol. The van der Waals surface area contributed by atoms with Gasteiger partial charge in [-0.1, -0.05) is 24.3 Å². The molecule has 0 aliphatic rings. The van der Waals surface area contributed by atoms with Crippen molar-refractivity contribution < 1.29 is 9.13 Å². The number of halogens is 1. The zero-order valence-electron chi connectivity index (χ0n) is 11.6. The highest BCUT2D eigenvalue weighted by molar-refractivity contribution is 7.99. The summed E-state index contributed by atoms with van der Waals surface area (Å²) in [6.07, 6.45) is 0. The first-order valence-electron chi connectivity index (χ1n) is 6.43. The van der Waals surface area contributed by atoms with Crippen LogP contribution in [0.3, 0.4) is 0 Å². The Hall–Kier alpha value is -1.52. The molecule has 0 bridgehead atoms. The van der Waals surface area contributed by atoms with Gasteiger partial charge in [0.05, 0.1) is 7.11 Å². The van der Waals surface area contributed by atoms with Gasteiger partial charge in [0.25, 0.3) is 0 Å². The van der Waals surface area contributed by atoms with E-state index >= 15 is 0 Å². The molecule has 0 aliphatic heterocycles. The van der Waals surface area contributed by atoms with Crippen molar-refractivity contribution in [2.24, 2.45) is 0 Å². The highest BCUT2D eigenvalue weighted by Crippen LogP contribution is 2.27. The van der Waals surface area contributed by atoms with Gasteiger partial charge in [0.2, 0.25) is 0 Å². The van der Waals surface area contributed by atoms with E-state index in [4.69, 9.17) is 4.74 Å². The van der Waals surface area contributed by atoms with Crippen LogP contribution in [0.1, 0.15) is 11.6 Å². The average molecular weight is 291 g/mol. The number of methoxy groups -OCH3 is 1. The van der Waals surface area contributed by atoms with Crippen molar-refractivity contribution in [1.82, 2.24) is 5.32 Å². The van der Waals surface area contributed by atoms with E-state index in [-0.39, 0.29) is 17.6 Å². The number of hydrogen-bond donors (Lipinski definition) is 1. The van der Waals surface area contributed by atoms with Gasteiger partial charge in [-0.3, -0.25) is 0 Å².